The van der Waals surface area contributed by atoms with Crippen molar-refractivity contribution in [1.29, 1.82) is 0 Å². The standard InChI is InChI=1S/C34H43Cl2NO5S/c1-5-28(17-10-22(3)4)43(41,42)21-30(23-11-12-23)37-32(24-13-15-26(35)16-14-24)29(25-8-7-9-27(36)18-25)19-34(6-2,33(37)40)20-31(38)39/h5,7-9,13-16,18,22-23,28-30,32H,1,6,10-12,17,19-21H2,2-4H3,(H,38,39). The lowest BCUT2D eigenvalue weighted by atomic mass is 9.65. The molecule has 43 heavy (non-hydrogen) atoms. The Kier molecular flexibility index (Phi) is 10.7. The molecule has 234 valence electrons. The first-order valence-corrected chi connectivity index (χ1v) is 17.7. The summed E-state index contributed by atoms with van der Waals surface area (Å²) in [6.45, 7) is 9.82. The molecular formula is C34H43Cl2NO5S. The number of nitrogens with zero attached hydrogens (tertiary/aromatic N) is 1. The molecule has 1 amide bonds. The predicted molar refractivity (Wildman–Crippen MR) is 173 cm³/mol. The van der Waals surface area contributed by atoms with Crippen molar-refractivity contribution >= 4 is 44.9 Å². The van der Waals surface area contributed by atoms with Crippen molar-refractivity contribution in [3.8, 4) is 0 Å². The van der Waals surface area contributed by atoms with Crippen molar-refractivity contribution in [3.05, 3.63) is 82.4 Å². The van der Waals surface area contributed by atoms with E-state index in [1.807, 2.05) is 37.3 Å². The van der Waals surface area contributed by atoms with E-state index in [1.165, 1.54) is 6.08 Å². The van der Waals surface area contributed by atoms with E-state index in [9.17, 15) is 23.1 Å². The summed E-state index contributed by atoms with van der Waals surface area (Å²) < 4.78 is 28.0. The normalized spacial score (nSPS) is 24.1. The van der Waals surface area contributed by atoms with Crippen LogP contribution >= 0.6 is 23.2 Å². The molecule has 0 spiro atoms. The van der Waals surface area contributed by atoms with Gasteiger partial charge in [0.25, 0.3) is 0 Å². The molecule has 1 saturated carbocycles. The maximum atomic E-state index is 14.8. The second-order valence-corrected chi connectivity index (χ2v) is 15.9. The van der Waals surface area contributed by atoms with Gasteiger partial charge in [-0.15, -0.1) is 6.58 Å². The molecule has 1 N–H and O–H groups in total. The Labute approximate surface area is 266 Å². The number of carbonyl (C=O) groups excluding carboxylic acids is 1. The number of aliphatic carboxylic acids is 1. The van der Waals surface area contributed by atoms with Crippen LogP contribution in [0.1, 0.15) is 88.8 Å². The van der Waals surface area contributed by atoms with Crippen LogP contribution in [0.5, 0.6) is 0 Å². The first kappa shape index (κ1) is 33.5. The largest absolute Gasteiger partial charge is 0.481 e. The first-order chi connectivity index (χ1) is 20.3. The van der Waals surface area contributed by atoms with Crippen molar-refractivity contribution in [1.82, 2.24) is 4.90 Å². The maximum absolute atomic E-state index is 14.8. The molecule has 2 fully saturated rings. The highest BCUT2D eigenvalue weighted by molar-refractivity contribution is 7.92. The summed E-state index contributed by atoms with van der Waals surface area (Å²) >= 11 is 12.7. The summed E-state index contributed by atoms with van der Waals surface area (Å²) in [6.07, 6.45) is 4.62. The van der Waals surface area contributed by atoms with Crippen LogP contribution < -0.4 is 0 Å². The third-order valence-corrected chi connectivity index (χ3v) is 12.0. The van der Waals surface area contributed by atoms with Gasteiger partial charge in [0.15, 0.2) is 9.84 Å². The van der Waals surface area contributed by atoms with Gasteiger partial charge in [-0.25, -0.2) is 8.42 Å². The van der Waals surface area contributed by atoms with Gasteiger partial charge in [-0.05, 0) is 85.8 Å². The molecule has 5 atom stereocenters. The van der Waals surface area contributed by atoms with Gasteiger partial charge in [-0.1, -0.05) is 74.3 Å². The Hall–Kier alpha value is -2.35. The highest BCUT2D eigenvalue weighted by Gasteiger charge is 2.56. The molecule has 0 bridgehead atoms. The molecular weight excluding hydrogens is 605 g/mol. The van der Waals surface area contributed by atoms with E-state index < -0.39 is 38.6 Å². The average Bonchev–Trinajstić information content (AvgIpc) is 3.79. The summed E-state index contributed by atoms with van der Waals surface area (Å²) in [5.74, 6) is -1.52. The average molecular weight is 649 g/mol. The molecule has 5 unspecified atom stereocenters. The number of likely N-dealkylation sites (tertiary alicyclic amines) is 1. The van der Waals surface area contributed by atoms with Crippen LogP contribution in [-0.4, -0.2) is 47.3 Å². The predicted octanol–water partition coefficient (Wildman–Crippen LogP) is 8.11. The number of sulfone groups is 1. The number of carboxylic acid groups (broad SMARTS) is 1. The van der Waals surface area contributed by atoms with Crippen LogP contribution in [0.4, 0.5) is 0 Å². The number of carbonyl (C=O) groups is 2. The second kappa shape index (κ2) is 13.7. The van der Waals surface area contributed by atoms with E-state index in [-0.39, 0.29) is 29.9 Å². The SMILES string of the molecule is C=CC(CCC(C)C)S(=O)(=O)CC(C1CC1)N1C(=O)C(CC)(CC(=O)O)CC(c2cccc(Cl)c2)C1c1ccc(Cl)cc1. The Morgan fingerprint density at radius 1 is 1.09 bits per heavy atom. The summed E-state index contributed by atoms with van der Waals surface area (Å²) in [6, 6.07) is 13.6. The molecule has 4 rings (SSSR count). The van der Waals surface area contributed by atoms with Gasteiger partial charge in [0.2, 0.25) is 5.91 Å². The minimum atomic E-state index is -3.68. The number of carboxylic acids is 1. The zero-order valence-electron chi connectivity index (χ0n) is 25.2. The minimum Gasteiger partial charge on any atom is -0.481 e. The Morgan fingerprint density at radius 3 is 2.30 bits per heavy atom. The van der Waals surface area contributed by atoms with Crippen LogP contribution in [0.3, 0.4) is 0 Å². The molecule has 1 aliphatic carbocycles. The minimum absolute atomic E-state index is 0.00147. The molecule has 6 nitrogen and oxygen atoms in total. The van der Waals surface area contributed by atoms with E-state index in [4.69, 9.17) is 23.2 Å². The fourth-order valence-electron chi connectivity index (χ4n) is 6.75. The number of hydrogen-bond donors (Lipinski definition) is 1. The zero-order valence-corrected chi connectivity index (χ0v) is 27.5. The van der Waals surface area contributed by atoms with Crippen molar-refractivity contribution in [2.45, 2.75) is 89.0 Å². The summed E-state index contributed by atoms with van der Waals surface area (Å²) in [5, 5.41) is 10.4. The number of amides is 1. The molecule has 1 aliphatic heterocycles. The van der Waals surface area contributed by atoms with Crippen molar-refractivity contribution in [2.24, 2.45) is 17.3 Å². The van der Waals surface area contributed by atoms with Gasteiger partial charge in [0.1, 0.15) is 0 Å². The lowest BCUT2D eigenvalue weighted by molar-refractivity contribution is -0.162. The number of hydrogen-bond acceptors (Lipinski definition) is 4. The molecule has 0 aromatic heterocycles. The Bertz CT molecular complexity index is 1420. The highest BCUT2D eigenvalue weighted by Crippen LogP contribution is 2.55. The van der Waals surface area contributed by atoms with Crippen LogP contribution in [0.25, 0.3) is 0 Å². The summed E-state index contributed by atoms with van der Waals surface area (Å²) in [4.78, 5) is 28.8. The number of benzene rings is 2. The van der Waals surface area contributed by atoms with Crippen molar-refractivity contribution in [3.63, 3.8) is 0 Å². The number of piperidine rings is 1. The molecule has 2 aliphatic rings. The zero-order chi connectivity index (χ0) is 31.5. The van der Waals surface area contributed by atoms with Crippen molar-refractivity contribution < 1.29 is 23.1 Å². The number of rotatable bonds is 14. The van der Waals surface area contributed by atoms with E-state index in [1.54, 1.807) is 23.1 Å². The van der Waals surface area contributed by atoms with Gasteiger partial charge < -0.3 is 10.0 Å². The summed E-state index contributed by atoms with van der Waals surface area (Å²) in [5.41, 5.74) is 0.506. The lowest BCUT2D eigenvalue weighted by Crippen LogP contribution is -2.59. The highest BCUT2D eigenvalue weighted by atomic mass is 35.5. The van der Waals surface area contributed by atoms with Gasteiger partial charge >= 0.3 is 5.97 Å². The molecule has 0 radical (unpaired) electrons. The van der Waals surface area contributed by atoms with E-state index in [2.05, 4.69) is 20.4 Å². The van der Waals surface area contributed by atoms with E-state index in [0.29, 0.717) is 35.2 Å². The van der Waals surface area contributed by atoms with Crippen LogP contribution in [0, 0.1) is 17.3 Å². The quantitative estimate of drug-likeness (QED) is 0.209. The van der Waals surface area contributed by atoms with E-state index >= 15 is 0 Å². The van der Waals surface area contributed by atoms with Crippen molar-refractivity contribution in [2.75, 3.05) is 5.75 Å². The second-order valence-electron chi connectivity index (χ2n) is 12.8. The Morgan fingerprint density at radius 2 is 1.77 bits per heavy atom. The third kappa shape index (κ3) is 7.66. The maximum Gasteiger partial charge on any atom is 0.304 e. The fraction of sp³-hybridized carbons (Fsp3) is 0.529. The lowest BCUT2D eigenvalue weighted by Gasteiger charge is -2.53. The molecule has 2 aromatic carbocycles. The molecule has 1 heterocycles. The Balaban J connectivity index is 1.90. The van der Waals surface area contributed by atoms with Crippen LogP contribution in [0.2, 0.25) is 10.0 Å². The van der Waals surface area contributed by atoms with Crippen LogP contribution in [-0.2, 0) is 19.4 Å². The van der Waals surface area contributed by atoms with Gasteiger partial charge in [0, 0.05) is 22.0 Å². The topological polar surface area (TPSA) is 91.8 Å². The number of halogens is 2. The molecule has 9 heteroatoms. The first-order valence-electron chi connectivity index (χ1n) is 15.2. The van der Waals surface area contributed by atoms with E-state index in [0.717, 1.165) is 30.4 Å². The summed E-state index contributed by atoms with van der Waals surface area (Å²) in [7, 11) is -3.68. The molecule has 1 saturated heterocycles. The van der Waals surface area contributed by atoms with Gasteiger partial charge in [0.05, 0.1) is 28.9 Å². The fourth-order valence-corrected chi connectivity index (χ4v) is 9.02. The third-order valence-electron chi connectivity index (χ3n) is 9.31. The smallest absolute Gasteiger partial charge is 0.304 e. The monoisotopic (exact) mass is 647 g/mol. The van der Waals surface area contributed by atoms with Crippen LogP contribution in [0.15, 0.2) is 61.2 Å². The van der Waals surface area contributed by atoms with Gasteiger partial charge in [-0.2, -0.15) is 0 Å². The van der Waals surface area contributed by atoms with Gasteiger partial charge in [-0.3, -0.25) is 9.59 Å². The molecule has 2 aromatic rings.